The first-order valence-electron chi connectivity index (χ1n) is 7.59. The van der Waals surface area contributed by atoms with Crippen LogP contribution in [0.4, 0.5) is 5.69 Å². The van der Waals surface area contributed by atoms with E-state index in [2.05, 4.69) is 10.6 Å². The van der Waals surface area contributed by atoms with Crippen LogP contribution in [-0.4, -0.2) is 28.9 Å². The summed E-state index contributed by atoms with van der Waals surface area (Å²) in [7, 11) is 0. The quantitative estimate of drug-likeness (QED) is 0.775. The van der Waals surface area contributed by atoms with E-state index in [1.54, 1.807) is 38.1 Å². The Morgan fingerprint density at radius 1 is 1.09 bits per heavy atom. The van der Waals surface area contributed by atoms with Gasteiger partial charge in [0.25, 0.3) is 5.91 Å². The Kier molecular flexibility index (Phi) is 4.45. The van der Waals surface area contributed by atoms with Crippen molar-refractivity contribution in [3.05, 3.63) is 29.8 Å². The minimum atomic E-state index is -0.948. The smallest absolute Gasteiger partial charge is 0.307 e. The van der Waals surface area contributed by atoms with Crippen molar-refractivity contribution in [2.75, 3.05) is 5.32 Å². The summed E-state index contributed by atoms with van der Waals surface area (Å²) in [5.41, 5.74) is 0.516. The number of carbonyl (C=O) groups excluding carboxylic acids is 2. The van der Waals surface area contributed by atoms with Gasteiger partial charge in [-0.05, 0) is 43.5 Å². The van der Waals surface area contributed by atoms with E-state index in [1.807, 2.05) is 13.8 Å². The molecule has 124 valence electrons. The fourth-order valence-corrected chi connectivity index (χ4v) is 2.86. The van der Waals surface area contributed by atoms with Gasteiger partial charge in [0.2, 0.25) is 5.91 Å². The SMILES string of the molecule is CC(C)NC(=O)c1ccc(NC(=O)C2C(C(=O)O)C2(C)C)cc1. The minimum Gasteiger partial charge on any atom is -0.481 e. The first kappa shape index (κ1) is 17.0. The Hall–Kier alpha value is -2.37. The first-order chi connectivity index (χ1) is 10.6. The van der Waals surface area contributed by atoms with E-state index >= 15 is 0 Å². The molecule has 1 aromatic carbocycles. The molecule has 2 rings (SSSR count). The monoisotopic (exact) mass is 318 g/mol. The van der Waals surface area contributed by atoms with E-state index in [1.165, 1.54) is 0 Å². The fraction of sp³-hybridized carbons (Fsp3) is 0.471. The van der Waals surface area contributed by atoms with Gasteiger partial charge >= 0.3 is 5.97 Å². The molecule has 3 N–H and O–H groups in total. The normalized spacial score (nSPS) is 21.6. The van der Waals surface area contributed by atoms with E-state index < -0.39 is 23.2 Å². The van der Waals surface area contributed by atoms with Gasteiger partial charge in [-0.2, -0.15) is 0 Å². The summed E-state index contributed by atoms with van der Waals surface area (Å²) in [5, 5.41) is 14.6. The summed E-state index contributed by atoms with van der Waals surface area (Å²) in [4.78, 5) is 35.2. The number of hydrogen-bond acceptors (Lipinski definition) is 3. The molecule has 2 unspecified atom stereocenters. The van der Waals surface area contributed by atoms with Crippen LogP contribution in [-0.2, 0) is 9.59 Å². The van der Waals surface area contributed by atoms with Crippen molar-refractivity contribution in [2.24, 2.45) is 17.3 Å². The first-order valence-corrected chi connectivity index (χ1v) is 7.59. The fourth-order valence-electron chi connectivity index (χ4n) is 2.86. The summed E-state index contributed by atoms with van der Waals surface area (Å²) < 4.78 is 0. The predicted octanol–water partition coefficient (Wildman–Crippen LogP) is 2.12. The van der Waals surface area contributed by atoms with Crippen LogP contribution >= 0.6 is 0 Å². The molecule has 6 nitrogen and oxygen atoms in total. The molecule has 1 saturated carbocycles. The maximum absolute atomic E-state index is 12.2. The molecule has 1 aromatic rings. The zero-order valence-corrected chi connectivity index (χ0v) is 13.7. The second-order valence-electron chi connectivity index (χ2n) is 6.81. The number of benzene rings is 1. The van der Waals surface area contributed by atoms with Crippen molar-refractivity contribution < 1.29 is 19.5 Å². The van der Waals surface area contributed by atoms with Gasteiger partial charge in [0.1, 0.15) is 0 Å². The van der Waals surface area contributed by atoms with Gasteiger partial charge in [0.15, 0.2) is 0 Å². The number of hydrogen-bond donors (Lipinski definition) is 3. The topological polar surface area (TPSA) is 95.5 Å². The van der Waals surface area contributed by atoms with E-state index in [9.17, 15) is 14.4 Å². The highest BCUT2D eigenvalue weighted by Gasteiger charge is 2.65. The van der Waals surface area contributed by atoms with Crippen molar-refractivity contribution >= 4 is 23.5 Å². The highest BCUT2D eigenvalue weighted by atomic mass is 16.4. The standard InChI is InChI=1S/C17H22N2O4/c1-9(2)18-14(20)10-5-7-11(8-6-10)19-15(21)12-13(16(22)23)17(12,3)4/h5-9,12-13H,1-4H3,(H,18,20)(H,19,21)(H,22,23). The molecule has 1 aliphatic rings. The third kappa shape index (κ3) is 3.52. The number of carbonyl (C=O) groups is 3. The van der Waals surface area contributed by atoms with E-state index in [4.69, 9.17) is 5.11 Å². The molecule has 0 heterocycles. The van der Waals surface area contributed by atoms with Crippen molar-refractivity contribution in [1.29, 1.82) is 0 Å². The summed E-state index contributed by atoms with van der Waals surface area (Å²) in [5.74, 6) is -2.62. The average molecular weight is 318 g/mol. The molecule has 2 atom stereocenters. The number of carboxylic acid groups (broad SMARTS) is 1. The average Bonchev–Trinajstić information content (AvgIpc) is 3.02. The van der Waals surface area contributed by atoms with Crippen LogP contribution in [0.5, 0.6) is 0 Å². The lowest BCUT2D eigenvalue weighted by Crippen LogP contribution is -2.30. The molecule has 0 radical (unpaired) electrons. The maximum atomic E-state index is 12.2. The molecule has 23 heavy (non-hydrogen) atoms. The zero-order chi connectivity index (χ0) is 17.4. The third-order valence-electron chi connectivity index (χ3n) is 4.21. The number of nitrogens with one attached hydrogen (secondary N) is 2. The summed E-state index contributed by atoms with van der Waals surface area (Å²) in [6.45, 7) is 7.30. The molecule has 2 amide bonds. The molecule has 0 spiro atoms. The predicted molar refractivity (Wildman–Crippen MR) is 86.1 cm³/mol. The van der Waals surface area contributed by atoms with E-state index in [-0.39, 0.29) is 17.9 Å². The largest absolute Gasteiger partial charge is 0.481 e. The number of aliphatic carboxylic acids is 1. The Labute approximate surface area is 135 Å². The number of carboxylic acids is 1. The van der Waals surface area contributed by atoms with Gasteiger partial charge in [-0.3, -0.25) is 14.4 Å². The van der Waals surface area contributed by atoms with Gasteiger partial charge in [0, 0.05) is 17.3 Å². The highest BCUT2D eigenvalue weighted by molar-refractivity contribution is 6.00. The van der Waals surface area contributed by atoms with Gasteiger partial charge < -0.3 is 15.7 Å². The summed E-state index contributed by atoms with van der Waals surface area (Å²) in [6, 6.07) is 6.57. The van der Waals surface area contributed by atoms with Crippen LogP contribution < -0.4 is 10.6 Å². The van der Waals surface area contributed by atoms with E-state index in [0.29, 0.717) is 11.3 Å². The Morgan fingerprint density at radius 3 is 2.09 bits per heavy atom. The lowest BCUT2D eigenvalue weighted by atomic mass is 10.1. The Morgan fingerprint density at radius 2 is 1.65 bits per heavy atom. The van der Waals surface area contributed by atoms with Gasteiger partial charge in [0.05, 0.1) is 11.8 Å². The van der Waals surface area contributed by atoms with Crippen LogP contribution in [0, 0.1) is 17.3 Å². The number of amides is 2. The van der Waals surface area contributed by atoms with Crippen LogP contribution in [0.25, 0.3) is 0 Å². The second-order valence-corrected chi connectivity index (χ2v) is 6.81. The van der Waals surface area contributed by atoms with Crippen LogP contribution in [0.15, 0.2) is 24.3 Å². The third-order valence-corrected chi connectivity index (χ3v) is 4.21. The van der Waals surface area contributed by atoms with Gasteiger partial charge in [-0.15, -0.1) is 0 Å². The highest BCUT2D eigenvalue weighted by Crippen LogP contribution is 2.58. The molecule has 1 aliphatic carbocycles. The summed E-state index contributed by atoms with van der Waals surface area (Å²) >= 11 is 0. The molecule has 0 bridgehead atoms. The van der Waals surface area contributed by atoms with Crippen molar-refractivity contribution in [3.63, 3.8) is 0 Å². The Balaban J connectivity index is 2.01. The van der Waals surface area contributed by atoms with Crippen LogP contribution in [0.1, 0.15) is 38.1 Å². The molecule has 0 aromatic heterocycles. The van der Waals surface area contributed by atoms with Crippen LogP contribution in [0.2, 0.25) is 0 Å². The number of anilines is 1. The lowest BCUT2D eigenvalue weighted by molar-refractivity contribution is -0.140. The molecule has 1 fully saturated rings. The second kappa shape index (κ2) is 6.02. The summed E-state index contributed by atoms with van der Waals surface area (Å²) in [6.07, 6.45) is 0. The minimum absolute atomic E-state index is 0.0481. The molecule has 6 heteroatoms. The maximum Gasteiger partial charge on any atom is 0.307 e. The van der Waals surface area contributed by atoms with Crippen molar-refractivity contribution in [2.45, 2.75) is 33.7 Å². The van der Waals surface area contributed by atoms with Crippen molar-refractivity contribution in [1.82, 2.24) is 5.32 Å². The van der Waals surface area contributed by atoms with Crippen LogP contribution in [0.3, 0.4) is 0 Å². The van der Waals surface area contributed by atoms with E-state index in [0.717, 1.165) is 0 Å². The van der Waals surface area contributed by atoms with Gasteiger partial charge in [-0.25, -0.2) is 0 Å². The molecule has 0 saturated heterocycles. The number of rotatable bonds is 5. The van der Waals surface area contributed by atoms with Crippen molar-refractivity contribution in [3.8, 4) is 0 Å². The molecule has 0 aliphatic heterocycles. The molecular weight excluding hydrogens is 296 g/mol. The zero-order valence-electron chi connectivity index (χ0n) is 13.7. The molecular formula is C17H22N2O4. The van der Waals surface area contributed by atoms with Gasteiger partial charge in [-0.1, -0.05) is 13.8 Å². The Bertz CT molecular complexity index is 634. The lowest BCUT2D eigenvalue weighted by Gasteiger charge is -2.09.